The van der Waals surface area contributed by atoms with Gasteiger partial charge in [0.2, 0.25) is 5.91 Å². The molecule has 0 saturated carbocycles. The third-order valence-electron chi connectivity index (χ3n) is 4.91. The average Bonchev–Trinajstić information content (AvgIpc) is 3.29. The van der Waals surface area contributed by atoms with Crippen LogP contribution < -0.4 is 0 Å². The van der Waals surface area contributed by atoms with Crippen LogP contribution in [0.15, 0.2) is 42.0 Å². The first-order valence-corrected chi connectivity index (χ1v) is 9.81. The fourth-order valence-electron chi connectivity index (χ4n) is 3.66. The number of aromatic nitrogens is 3. The van der Waals surface area contributed by atoms with Crippen molar-refractivity contribution in [2.45, 2.75) is 39.3 Å². The molecule has 1 aliphatic heterocycles. The van der Waals surface area contributed by atoms with Gasteiger partial charge in [-0.05, 0) is 18.1 Å². The highest BCUT2D eigenvalue weighted by molar-refractivity contribution is 7.09. The van der Waals surface area contributed by atoms with Gasteiger partial charge in [-0.15, -0.1) is 11.3 Å². The van der Waals surface area contributed by atoms with E-state index in [0.29, 0.717) is 26.1 Å². The summed E-state index contributed by atoms with van der Waals surface area (Å²) >= 11 is 1.67. The van der Waals surface area contributed by atoms with E-state index < -0.39 is 0 Å². The van der Waals surface area contributed by atoms with E-state index in [0.717, 1.165) is 16.5 Å². The van der Waals surface area contributed by atoms with E-state index in [-0.39, 0.29) is 11.8 Å². The maximum absolute atomic E-state index is 12.4. The second-order valence-corrected chi connectivity index (χ2v) is 7.71. The van der Waals surface area contributed by atoms with Gasteiger partial charge < -0.3 is 9.47 Å². The van der Waals surface area contributed by atoms with Crippen molar-refractivity contribution in [3.05, 3.63) is 69.7 Å². The Hall–Kier alpha value is -2.47. The van der Waals surface area contributed by atoms with E-state index in [1.165, 1.54) is 11.1 Å². The molecule has 3 heterocycles. The highest BCUT2D eigenvalue weighted by Crippen LogP contribution is 2.33. The number of benzene rings is 1. The normalized spacial score (nSPS) is 16.5. The molecule has 0 aliphatic carbocycles. The number of hydrogen-bond donors (Lipinski definition) is 0. The van der Waals surface area contributed by atoms with Gasteiger partial charge in [-0.3, -0.25) is 4.79 Å². The predicted molar refractivity (Wildman–Crippen MR) is 102 cm³/mol. The van der Waals surface area contributed by atoms with E-state index in [1.54, 1.807) is 11.3 Å². The molecular formula is C20H22N4OS. The molecular weight excluding hydrogens is 344 g/mol. The summed E-state index contributed by atoms with van der Waals surface area (Å²) in [4.78, 5) is 23.6. The van der Waals surface area contributed by atoms with E-state index in [9.17, 15) is 4.79 Å². The van der Waals surface area contributed by atoms with Crippen LogP contribution in [0.2, 0.25) is 0 Å². The van der Waals surface area contributed by atoms with Gasteiger partial charge in [-0.1, -0.05) is 31.2 Å². The van der Waals surface area contributed by atoms with Crippen LogP contribution in [0.4, 0.5) is 0 Å². The number of hydrogen-bond acceptors (Lipinski definition) is 4. The van der Waals surface area contributed by atoms with E-state index in [2.05, 4.69) is 38.1 Å². The third-order valence-corrected chi connectivity index (χ3v) is 5.73. The van der Waals surface area contributed by atoms with E-state index in [4.69, 9.17) is 0 Å². The van der Waals surface area contributed by atoms with E-state index in [1.807, 2.05) is 37.2 Å². The van der Waals surface area contributed by atoms with Gasteiger partial charge in [0.25, 0.3) is 0 Å². The number of rotatable bonds is 4. The summed E-state index contributed by atoms with van der Waals surface area (Å²) in [5, 5.41) is 3.17. The van der Waals surface area contributed by atoms with Crippen LogP contribution in [-0.4, -0.2) is 31.9 Å². The Morgan fingerprint density at radius 3 is 2.96 bits per heavy atom. The van der Waals surface area contributed by atoms with Gasteiger partial charge in [0.15, 0.2) is 0 Å². The summed E-state index contributed by atoms with van der Waals surface area (Å²) < 4.78 is 2.16. The Balaban J connectivity index is 1.70. The van der Waals surface area contributed by atoms with Gasteiger partial charge in [-0.25, -0.2) is 9.97 Å². The summed E-state index contributed by atoms with van der Waals surface area (Å²) in [5.41, 5.74) is 3.54. The molecule has 0 saturated heterocycles. The van der Waals surface area contributed by atoms with Crippen molar-refractivity contribution in [1.29, 1.82) is 0 Å². The lowest BCUT2D eigenvalue weighted by Crippen LogP contribution is -2.39. The number of aryl methyl sites for hydroxylation is 1. The summed E-state index contributed by atoms with van der Waals surface area (Å²) in [6, 6.07) is 8.40. The minimum absolute atomic E-state index is 0.0881. The summed E-state index contributed by atoms with van der Waals surface area (Å²) in [5.74, 6) is 1.28. The van der Waals surface area contributed by atoms with Gasteiger partial charge in [0.05, 0.1) is 23.2 Å². The van der Waals surface area contributed by atoms with Crippen LogP contribution in [0.3, 0.4) is 0 Å². The number of imidazole rings is 1. The molecule has 0 bridgehead atoms. The zero-order valence-corrected chi connectivity index (χ0v) is 15.9. The van der Waals surface area contributed by atoms with Crippen LogP contribution in [0.5, 0.6) is 0 Å². The lowest BCUT2D eigenvalue weighted by atomic mass is 9.89. The number of amides is 1. The molecule has 4 rings (SSSR count). The van der Waals surface area contributed by atoms with Crippen LogP contribution in [-0.2, 0) is 17.9 Å². The molecule has 134 valence electrons. The summed E-state index contributed by atoms with van der Waals surface area (Å²) in [6.07, 6.45) is 4.38. The predicted octanol–water partition coefficient (Wildman–Crippen LogP) is 3.58. The molecule has 3 aromatic rings. The van der Waals surface area contributed by atoms with Crippen molar-refractivity contribution in [2.24, 2.45) is 0 Å². The second-order valence-electron chi connectivity index (χ2n) is 6.65. The fourth-order valence-corrected chi connectivity index (χ4v) is 4.27. The standard InChI is InChI=1S/C20H22N4OS/c1-3-19(25)24-10-15-6-4-5-7-17(15)18(12-24)20-21-8-9-23(20)11-16-13-26-14(2)22-16/h4-9,13,18H,3,10-12H2,1-2H3/t18-/m1/s1. The van der Waals surface area contributed by atoms with Crippen molar-refractivity contribution in [1.82, 2.24) is 19.4 Å². The first kappa shape index (κ1) is 17.0. The molecule has 2 aromatic heterocycles. The molecule has 1 aliphatic rings. The number of carbonyl (C=O) groups is 1. The fraction of sp³-hybridized carbons (Fsp3) is 0.350. The Morgan fingerprint density at radius 2 is 2.19 bits per heavy atom. The Kier molecular flexibility index (Phi) is 4.59. The molecule has 1 atom stereocenters. The number of carbonyl (C=O) groups excluding carboxylic acids is 1. The quantitative estimate of drug-likeness (QED) is 0.709. The largest absolute Gasteiger partial charge is 0.337 e. The highest BCUT2D eigenvalue weighted by Gasteiger charge is 2.31. The lowest BCUT2D eigenvalue weighted by Gasteiger charge is -2.34. The Labute approximate surface area is 157 Å². The number of thiazole rings is 1. The Bertz CT molecular complexity index is 929. The van der Waals surface area contributed by atoms with Crippen molar-refractivity contribution in [3.63, 3.8) is 0 Å². The van der Waals surface area contributed by atoms with Crippen molar-refractivity contribution >= 4 is 17.2 Å². The van der Waals surface area contributed by atoms with Gasteiger partial charge >= 0.3 is 0 Å². The van der Waals surface area contributed by atoms with Crippen molar-refractivity contribution in [2.75, 3.05) is 6.54 Å². The van der Waals surface area contributed by atoms with Gasteiger partial charge in [0, 0.05) is 37.3 Å². The maximum atomic E-state index is 12.4. The van der Waals surface area contributed by atoms with Crippen molar-refractivity contribution < 1.29 is 4.79 Å². The zero-order valence-electron chi connectivity index (χ0n) is 15.1. The monoisotopic (exact) mass is 366 g/mol. The summed E-state index contributed by atoms with van der Waals surface area (Å²) in [7, 11) is 0. The van der Waals surface area contributed by atoms with Crippen LogP contribution >= 0.6 is 11.3 Å². The Morgan fingerprint density at radius 1 is 1.35 bits per heavy atom. The number of nitrogens with zero attached hydrogens (tertiary/aromatic N) is 4. The molecule has 0 radical (unpaired) electrons. The highest BCUT2D eigenvalue weighted by atomic mass is 32.1. The second kappa shape index (κ2) is 7.03. The molecule has 0 spiro atoms. The molecule has 0 N–H and O–H groups in total. The maximum Gasteiger partial charge on any atom is 0.222 e. The van der Waals surface area contributed by atoms with Gasteiger partial charge in [-0.2, -0.15) is 0 Å². The SMILES string of the molecule is CCC(=O)N1Cc2ccccc2[C@H](c2nccn2Cc2csc(C)n2)C1. The molecule has 0 fully saturated rings. The molecule has 0 unspecified atom stereocenters. The average molecular weight is 366 g/mol. The van der Waals surface area contributed by atoms with Crippen LogP contribution in [0, 0.1) is 6.92 Å². The molecule has 1 amide bonds. The smallest absolute Gasteiger partial charge is 0.222 e. The lowest BCUT2D eigenvalue weighted by molar-refractivity contribution is -0.132. The van der Waals surface area contributed by atoms with Gasteiger partial charge in [0.1, 0.15) is 5.82 Å². The van der Waals surface area contributed by atoms with E-state index >= 15 is 0 Å². The topological polar surface area (TPSA) is 51.0 Å². The van der Waals surface area contributed by atoms with Crippen LogP contribution in [0.25, 0.3) is 0 Å². The molecule has 5 nitrogen and oxygen atoms in total. The molecule has 1 aromatic carbocycles. The minimum atomic E-state index is 0.0881. The first-order chi connectivity index (χ1) is 12.7. The zero-order chi connectivity index (χ0) is 18.1. The minimum Gasteiger partial charge on any atom is -0.337 e. The van der Waals surface area contributed by atoms with Crippen molar-refractivity contribution in [3.8, 4) is 0 Å². The molecule has 6 heteroatoms. The first-order valence-electron chi connectivity index (χ1n) is 8.93. The molecule has 26 heavy (non-hydrogen) atoms. The summed E-state index contributed by atoms with van der Waals surface area (Å²) in [6.45, 7) is 6.01. The number of fused-ring (bicyclic) bond motifs is 1. The van der Waals surface area contributed by atoms with Crippen LogP contribution in [0.1, 0.15) is 46.9 Å². The third kappa shape index (κ3) is 3.17.